The van der Waals surface area contributed by atoms with Crippen LogP contribution in [-0.4, -0.2) is 6.54 Å². The molecule has 0 bridgehead atoms. The molecule has 0 aromatic heterocycles. The summed E-state index contributed by atoms with van der Waals surface area (Å²) >= 11 is 0. The number of para-hydroxylation sites is 1. The molecule has 0 radical (unpaired) electrons. The average molecular weight is 161 g/mol. The molecule has 1 atom stereocenters. The quantitative estimate of drug-likeness (QED) is 0.616. The van der Waals surface area contributed by atoms with Crippen LogP contribution in [0.3, 0.4) is 0 Å². The van der Waals surface area contributed by atoms with Gasteiger partial charge in [-0.25, -0.2) is 0 Å². The minimum atomic E-state index is 0.719. The van der Waals surface area contributed by atoms with E-state index in [1.165, 1.54) is 24.1 Å². The third kappa shape index (κ3) is 1.31. The fourth-order valence-electron chi connectivity index (χ4n) is 1.87. The van der Waals surface area contributed by atoms with Crippen molar-refractivity contribution in [2.24, 2.45) is 0 Å². The molecule has 0 unspecified atom stereocenters. The maximum atomic E-state index is 3.46. The molecular formula is C11H15N. The van der Waals surface area contributed by atoms with E-state index in [1.807, 2.05) is 0 Å². The Morgan fingerprint density at radius 3 is 3.08 bits per heavy atom. The monoisotopic (exact) mass is 161 g/mol. The van der Waals surface area contributed by atoms with E-state index in [4.69, 9.17) is 0 Å². The van der Waals surface area contributed by atoms with Crippen LogP contribution in [0.4, 0.5) is 5.69 Å². The molecule has 1 nitrogen and oxygen atoms in total. The summed E-state index contributed by atoms with van der Waals surface area (Å²) in [6, 6.07) is 8.64. The summed E-state index contributed by atoms with van der Waals surface area (Å²) in [6.45, 7) is 3.44. The molecule has 2 rings (SSSR count). The molecule has 0 aliphatic carbocycles. The molecule has 0 amide bonds. The summed E-state index contributed by atoms with van der Waals surface area (Å²) in [5.41, 5.74) is 2.82. The van der Waals surface area contributed by atoms with Gasteiger partial charge in [0.05, 0.1) is 0 Å². The lowest BCUT2D eigenvalue weighted by atomic mass is 9.96. The number of benzene rings is 1. The van der Waals surface area contributed by atoms with Gasteiger partial charge in [-0.2, -0.15) is 0 Å². The van der Waals surface area contributed by atoms with E-state index in [-0.39, 0.29) is 0 Å². The van der Waals surface area contributed by atoms with Crippen molar-refractivity contribution in [1.29, 1.82) is 0 Å². The summed E-state index contributed by atoms with van der Waals surface area (Å²) in [5, 5.41) is 3.46. The maximum absolute atomic E-state index is 3.46. The van der Waals surface area contributed by atoms with Crippen LogP contribution in [0.15, 0.2) is 24.3 Å². The predicted octanol–water partition coefficient (Wildman–Crippen LogP) is 3.00. The Bertz CT molecular complexity index is 267. The van der Waals surface area contributed by atoms with Gasteiger partial charge in [0.2, 0.25) is 0 Å². The van der Waals surface area contributed by atoms with Crippen LogP contribution in [0.5, 0.6) is 0 Å². The summed E-state index contributed by atoms with van der Waals surface area (Å²) in [7, 11) is 0. The molecule has 1 N–H and O–H groups in total. The lowest BCUT2D eigenvalue weighted by molar-refractivity contribution is 0.667. The second kappa shape index (κ2) is 3.18. The maximum Gasteiger partial charge on any atom is 0.0375 e. The van der Waals surface area contributed by atoms with E-state index in [9.17, 15) is 0 Å². The molecule has 0 spiro atoms. The number of anilines is 1. The van der Waals surface area contributed by atoms with Crippen LogP contribution in [0.1, 0.15) is 31.2 Å². The Morgan fingerprint density at radius 1 is 1.33 bits per heavy atom. The third-order valence-electron chi connectivity index (χ3n) is 2.62. The van der Waals surface area contributed by atoms with Gasteiger partial charge in [-0.3, -0.25) is 0 Å². The van der Waals surface area contributed by atoms with Crippen molar-refractivity contribution < 1.29 is 0 Å². The van der Waals surface area contributed by atoms with Crippen molar-refractivity contribution in [3.63, 3.8) is 0 Å². The lowest BCUT2D eigenvalue weighted by Gasteiger charge is -2.11. The largest absolute Gasteiger partial charge is 0.385 e. The Kier molecular flexibility index (Phi) is 2.03. The molecule has 1 heteroatoms. The molecule has 0 fully saturated rings. The van der Waals surface area contributed by atoms with Crippen LogP contribution < -0.4 is 5.32 Å². The van der Waals surface area contributed by atoms with Gasteiger partial charge in [-0.05, 0) is 30.4 Å². The number of fused-ring (bicyclic) bond motifs is 1. The fourth-order valence-corrected chi connectivity index (χ4v) is 1.87. The summed E-state index contributed by atoms with van der Waals surface area (Å²) in [5.74, 6) is 0.719. The number of rotatable bonds is 0. The van der Waals surface area contributed by atoms with Crippen molar-refractivity contribution >= 4 is 5.69 Å². The van der Waals surface area contributed by atoms with Crippen molar-refractivity contribution in [3.8, 4) is 0 Å². The Labute approximate surface area is 73.8 Å². The van der Waals surface area contributed by atoms with Gasteiger partial charge >= 0.3 is 0 Å². The highest BCUT2D eigenvalue weighted by Gasteiger charge is 2.12. The van der Waals surface area contributed by atoms with Gasteiger partial charge < -0.3 is 5.32 Å². The zero-order valence-electron chi connectivity index (χ0n) is 7.51. The fraction of sp³-hybridized carbons (Fsp3) is 0.455. The topological polar surface area (TPSA) is 12.0 Å². The normalized spacial score (nSPS) is 22.2. The molecule has 1 heterocycles. The third-order valence-corrected chi connectivity index (χ3v) is 2.62. The Morgan fingerprint density at radius 2 is 2.17 bits per heavy atom. The molecule has 1 aliphatic rings. The van der Waals surface area contributed by atoms with Crippen LogP contribution in [-0.2, 0) is 0 Å². The summed E-state index contributed by atoms with van der Waals surface area (Å²) in [6.07, 6.45) is 2.60. The van der Waals surface area contributed by atoms with Crippen LogP contribution in [0.2, 0.25) is 0 Å². The molecule has 64 valence electrons. The first-order valence-corrected chi connectivity index (χ1v) is 4.71. The Hall–Kier alpha value is -0.980. The minimum absolute atomic E-state index is 0.719. The Balaban J connectivity index is 2.39. The van der Waals surface area contributed by atoms with E-state index < -0.39 is 0 Å². The first-order chi connectivity index (χ1) is 5.88. The highest BCUT2D eigenvalue weighted by Crippen LogP contribution is 2.29. The summed E-state index contributed by atoms with van der Waals surface area (Å²) in [4.78, 5) is 0. The van der Waals surface area contributed by atoms with Gasteiger partial charge in [-0.15, -0.1) is 0 Å². The van der Waals surface area contributed by atoms with E-state index >= 15 is 0 Å². The smallest absolute Gasteiger partial charge is 0.0375 e. The van der Waals surface area contributed by atoms with E-state index in [0.29, 0.717) is 0 Å². The minimum Gasteiger partial charge on any atom is -0.385 e. The lowest BCUT2D eigenvalue weighted by Crippen LogP contribution is -1.98. The number of nitrogens with one attached hydrogen (secondary N) is 1. The molecule has 1 aliphatic heterocycles. The highest BCUT2D eigenvalue weighted by molar-refractivity contribution is 5.53. The molecule has 0 saturated carbocycles. The summed E-state index contributed by atoms with van der Waals surface area (Å²) < 4.78 is 0. The van der Waals surface area contributed by atoms with Crippen LogP contribution in [0.25, 0.3) is 0 Å². The standard InChI is InChI=1S/C11H15N/c1-9-5-4-8-12-11-7-3-2-6-10(9)11/h2-3,6-7,9,12H,4-5,8H2,1H3/t9-/m0/s1. The molecule has 1 aromatic rings. The first-order valence-electron chi connectivity index (χ1n) is 4.71. The van der Waals surface area contributed by atoms with Crippen molar-refractivity contribution in [1.82, 2.24) is 0 Å². The van der Waals surface area contributed by atoms with Crippen LogP contribution in [0, 0.1) is 0 Å². The van der Waals surface area contributed by atoms with Gasteiger partial charge in [0.15, 0.2) is 0 Å². The van der Waals surface area contributed by atoms with Crippen LogP contribution >= 0.6 is 0 Å². The molecule has 0 saturated heterocycles. The van der Waals surface area contributed by atoms with Gasteiger partial charge in [0.25, 0.3) is 0 Å². The average Bonchev–Trinajstić information content (AvgIpc) is 2.29. The van der Waals surface area contributed by atoms with Crippen molar-refractivity contribution in [3.05, 3.63) is 29.8 Å². The zero-order valence-corrected chi connectivity index (χ0v) is 7.51. The van der Waals surface area contributed by atoms with Crippen molar-refractivity contribution in [2.75, 3.05) is 11.9 Å². The molecule has 12 heavy (non-hydrogen) atoms. The zero-order chi connectivity index (χ0) is 8.39. The van der Waals surface area contributed by atoms with Gasteiger partial charge in [0.1, 0.15) is 0 Å². The number of hydrogen-bond acceptors (Lipinski definition) is 1. The predicted molar refractivity (Wildman–Crippen MR) is 52.6 cm³/mol. The van der Waals surface area contributed by atoms with Gasteiger partial charge in [0, 0.05) is 12.2 Å². The van der Waals surface area contributed by atoms with E-state index in [2.05, 4.69) is 36.5 Å². The SMILES string of the molecule is C[C@H]1CCCNc2ccccc21. The number of hydrogen-bond donors (Lipinski definition) is 1. The molecular weight excluding hydrogens is 146 g/mol. The molecule has 1 aromatic carbocycles. The first kappa shape index (κ1) is 7.66. The van der Waals surface area contributed by atoms with E-state index in [1.54, 1.807) is 0 Å². The van der Waals surface area contributed by atoms with Crippen molar-refractivity contribution in [2.45, 2.75) is 25.7 Å². The second-order valence-corrected chi connectivity index (χ2v) is 3.56. The second-order valence-electron chi connectivity index (χ2n) is 3.56. The van der Waals surface area contributed by atoms with E-state index in [0.717, 1.165) is 12.5 Å². The highest BCUT2D eigenvalue weighted by atomic mass is 14.9. The van der Waals surface area contributed by atoms with Gasteiger partial charge in [-0.1, -0.05) is 25.1 Å².